The number of carbonyl (C=O) groups is 2. The Morgan fingerprint density at radius 2 is 0.964 bits per heavy atom. The number of rotatable bonds is 6. The van der Waals surface area contributed by atoms with E-state index in [9.17, 15) is 9.59 Å². The molecule has 0 unspecified atom stereocenters. The van der Waals surface area contributed by atoms with E-state index in [0.29, 0.717) is 11.8 Å². The Bertz CT molecular complexity index is 2350. The van der Waals surface area contributed by atoms with E-state index in [2.05, 4.69) is 113 Å². The summed E-state index contributed by atoms with van der Waals surface area (Å²) in [7, 11) is 0. The van der Waals surface area contributed by atoms with Gasteiger partial charge in [-0.2, -0.15) is 0 Å². The molecule has 3 aromatic heterocycles. The third-order valence-electron chi connectivity index (χ3n) is 8.50. The molecule has 9 heteroatoms. The maximum Gasteiger partial charge on any atom is 0.155 e. The first-order valence-corrected chi connectivity index (χ1v) is 17.6. The number of aliphatic hydroxyl groups excluding tert-OH is 2. The van der Waals surface area contributed by atoms with Crippen molar-refractivity contribution < 1.29 is 66.3 Å². The van der Waals surface area contributed by atoms with E-state index in [1.54, 1.807) is 0 Å². The number of allylic oxidation sites excluding steroid dienone is 4. The molecule has 7 nitrogen and oxygen atoms in total. The van der Waals surface area contributed by atoms with Crippen molar-refractivity contribution in [2.45, 2.75) is 67.2 Å². The topological polar surface area (TPSA) is 114 Å². The number of benzene rings is 4. The molecule has 0 aliphatic heterocycles. The van der Waals surface area contributed by atoms with Gasteiger partial charge in [0.2, 0.25) is 0 Å². The van der Waals surface area contributed by atoms with Gasteiger partial charge in [0.05, 0.1) is 22.6 Å². The number of hydrogen-bond acceptors (Lipinski definition) is 7. The van der Waals surface area contributed by atoms with Gasteiger partial charge in [0.1, 0.15) is 0 Å². The predicted molar refractivity (Wildman–Crippen MR) is 215 cm³/mol. The average molecular weight is 1100 g/mol. The molecule has 0 saturated carbocycles. The van der Waals surface area contributed by atoms with Crippen LogP contribution in [0, 0.1) is 12.1 Å². The zero-order valence-electron chi connectivity index (χ0n) is 32.0. The maximum absolute atomic E-state index is 10.0. The van der Waals surface area contributed by atoms with Crippen molar-refractivity contribution in [3.05, 3.63) is 132 Å². The summed E-state index contributed by atoms with van der Waals surface area (Å²) >= 11 is 0. The Labute approximate surface area is 351 Å². The molecule has 55 heavy (non-hydrogen) atoms. The molecule has 0 aliphatic rings. The number of nitrogens with zero attached hydrogens (tertiary/aromatic N) is 2. The van der Waals surface area contributed by atoms with Crippen molar-refractivity contribution >= 4 is 55.3 Å². The first kappa shape index (κ1) is 44.7. The molecule has 0 spiro atoms. The number of aliphatic hydroxyl groups is 2. The first-order valence-electron chi connectivity index (χ1n) is 17.6. The standard InChI is InChI=1S/C36H28N2O.2C5H8O2.2Pt/c1-21(2)25-13-11-23-15-17-31(37-33(23)19-25)29-9-5-7-27-28-8-6-10-30(36(28)39-35(27)29)32-18-16-24-12-14-26(22(3)4)20-34(24)38-32;2*1-4(6)3-5(2)7;;/h5-8,11-22H,1-4H3;2*3,6H,1-2H3;;/q-2;;;;/b;2*4-3-;;. The van der Waals surface area contributed by atoms with Crippen LogP contribution in [0.3, 0.4) is 0 Å². The average Bonchev–Trinajstić information content (AvgIpc) is 3.49. The van der Waals surface area contributed by atoms with Crippen molar-refractivity contribution in [3.63, 3.8) is 0 Å². The zero-order chi connectivity index (χ0) is 38.4. The smallest absolute Gasteiger partial charge is 0.155 e. The minimum absolute atomic E-state index is 0. The predicted octanol–water partition coefficient (Wildman–Crippen LogP) is 11.9. The van der Waals surface area contributed by atoms with Crippen LogP contribution in [0.15, 0.2) is 113 Å². The summed E-state index contributed by atoms with van der Waals surface area (Å²) in [5.74, 6) is 0.765. The van der Waals surface area contributed by atoms with Crippen molar-refractivity contribution in [1.82, 2.24) is 9.97 Å². The van der Waals surface area contributed by atoms with Gasteiger partial charge in [-0.05, 0) is 85.0 Å². The molecular formula is C46H44N2O5Pt2-2. The second kappa shape index (κ2) is 19.8. The number of ketones is 2. The fraction of sp³-hybridized carbons (Fsp3) is 0.217. The van der Waals surface area contributed by atoms with Crippen LogP contribution in [0.1, 0.15) is 78.4 Å². The number of hydrogen-bond donors (Lipinski definition) is 2. The van der Waals surface area contributed by atoms with Gasteiger partial charge >= 0.3 is 0 Å². The fourth-order valence-electron chi connectivity index (χ4n) is 5.94. The Hall–Kier alpha value is -4.70. The van der Waals surface area contributed by atoms with E-state index in [1.807, 2.05) is 12.1 Å². The van der Waals surface area contributed by atoms with Crippen LogP contribution in [0.2, 0.25) is 0 Å². The van der Waals surface area contributed by atoms with Crippen molar-refractivity contribution in [2.75, 3.05) is 0 Å². The minimum atomic E-state index is -0.125. The zero-order valence-corrected chi connectivity index (χ0v) is 36.6. The number of carbonyl (C=O) groups excluding carboxylic acids is 2. The molecule has 0 bridgehead atoms. The molecule has 7 rings (SSSR count). The molecule has 0 atom stereocenters. The summed E-state index contributed by atoms with van der Waals surface area (Å²) in [6, 6.07) is 36.3. The maximum atomic E-state index is 10.0. The van der Waals surface area contributed by atoms with Crippen LogP contribution in [0.25, 0.3) is 66.3 Å². The molecule has 7 aromatic rings. The minimum Gasteiger partial charge on any atom is -0.545 e. The van der Waals surface area contributed by atoms with E-state index >= 15 is 0 Å². The van der Waals surface area contributed by atoms with Gasteiger partial charge in [-0.15, -0.1) is 36.4 Å². The SMILES string of the molecule is CC(=O)/C=C(/C)O.CC(=O)/C=C(/C)O.CC(C)c1ccc2ccc(-c3[c-]ccc4c3oc3c(-c5ccc6ccc(C(C)C)cc6n5)[c-]ccc34)nc2c1.[Pt].[Pt]. The van der Waals surface area contributed by atoms with Crippen molar-refractivity contribution in [1.29, 1.82) is 0 Å². The number of aromatic nitrogens is 2. The molecule has 0 amide bonds. The molecule has 0 radical (unpaired) electrons. The third kappa shape index (κ3) is 11.2. The molecular weight excluding hydrogens is 1050 g/mol. The van der Waals surface area contributed by atoms with Gasteiger partial charge < -0.3 is 14.6 Å². The van der Waals surface area contributed by atoms with Gasteiger partial charge in [-0.3, -0.25) is 19.6 Å². The summed E-state index contributed by atoms with van der Waals surface area (Å²) in [4.78, 5) is 30.1. The van der Waals surface area contributed by atoms with E-state index in [1.165, 1.54) is 51.0 Å². The second-order valence-electron chi connectivity index (χ2n) is 13.7. The van der Waals surface area contributed by atoms with Crippen LogP contribution in [-0.2, 0) is 51.7 Å². The van der Waals surface area contributed by atoms with Gasteiger partial charge in [0.15, 0.2) is 11.6 Å². The van der Waals surface area contributed by atoms with Gasteiger partial charge in [0.25, 0.3) is 0 Å². The fourth-order valence-corrected chi connectivity index (χ4v) is 5.94. The third-order valence-corrected chi connectivity index (χ3v) is 8.50. The van der Waals surface area contributed by atoms with Crippen LogP contribution in [-0.4, -0.2) is 31.7 Å². The molecule has 3 heterocycles. The Balaban J connectivity index is 0.000000436. The van der Waals surface area contributed by atoms with Gasteiger partial charge in [-0.25, -0.2) is 0 Å². The summed E-state index contributed by atoms with van der Waals surface area (Å²) in [6.07, 6.45) is 2.33. The second-order valence-corrected chi connectivity index (χ2v) is 13.7. The van der Waals surface area contributed by atoms with E-state index in [4.69, 9.17) is 24.6 Å². The Kier molecular flexibility index (Phi) is 16.1. The normalized spacial score (nSPS) is 11.5. The van der Waals surface area contributed by atoms with Gasteiger partial charge in [0, 0.05) is 65.4 Å². The molecule has 0 fully saturated rings. The van der Waals surface area contributed by atoms with E-state index in [-0.39, 0.29) is 65.2 Å². The van der Waals surface area contributed by atoms with Crippen LogP contribution >= 0.6 is 0 Å². The summed E-state index contributed by atoms with van der Waals surface area (Å²) in [5, 5.41) is 21.0. The monoisotopic (exact) mass is 1090 g/mol. The summed E-state index contributed by atoms with van der Waals surface area (Å²) in [6.45, 7) is 14.5. The number of furan rings is 1. The number of pyridine rings is 2. The molecule has 2 N–H and O–H groups in total. The Morgan fingerprint density at radius 1 is 0.600 bits per heavy atom. The molecule has 0 saturated heterocycles. The molecule has 0 aliphatic carbocycles. The van der Waals surface area contributed by atoms with E-state index < -0.39 is 0 Å². The molecule has 4 aromatic carbocycles. The summed E-state index contributed by atoms with van der Waals surface area (Å²) < 4.78 is 6.63. The van der Waals surface area contributed by atoms with Gasteiger partial charge in [-0.1, -0.05) is 98.1 Å². The largest absolute Gasteiger partial charge is 0.545 e. The van der Waals surface area contributed by atoms with E-state index in [0.717, 1.165) is 66.3 Å². The van der Waals surface area contributed by atoms with Crippen molar-refractivity contribution in [2.24, 2.45) is 0 Å². The van der Waals surface area contributed by atoms with Crippen LogP contribution in [0.5, 0.6) is 0 Å². The Morgan fingerprint density at radius 3 is 1.27 bits per heavy atom. The number of fused-ring (bicyclic) bond motifs is 5. The molecule has 290 valence electrons. The summed E-state index contributed by atoms with van der Waals surface area (Å²) in [5.41, 5.74) is 9.51. The van der Waals surface area contributed by atoms with Crippen LogP contribution in [0.4, 0.5) is 0 Å². The first-order chi connectivity index (χ1) is 25.2. The van der Waals surface area contributed by atoms with Crippen molar-refractivity contribution in [3.8, 4) is 22.5 Å². The van der Waals surface area contributed by atoms with Crippen LogP contribution < -0.4 is 0 Å². The quantitative estimate of drug-likeness (QED) is 0.0969.